The largest absolute Gasteiger partial charge is 1.00 e. The molecule has 0 aliphatic heterocycles. The van der Waals surface area contributed by atoms with Crippen LogP contribution < -0.4 is 24.8 Å². The van der Waals surface area contributed by atoms with Crippen LogP contribution in [-0.4, -0.2) is 7.62 Å². The minimum absolute atomic E-state index is 0. The van der Waals surface area contributed by atoms with Gasteiger partial charge in [-0.2, -0.15) is 46.5 Å². The summed E-state index contributed by atoms with van der Waals surface area (Å²) < 4.78 is 2.83. The number of aryl methyl sites for hydroxylation is 8. The number of halogens is 2. The molecule has 0 radical (unpaired) electrons. The van der Waals surface area contributed by atoms with E-state index in [0.717, 1.165) is 0 Å². The number of hydrogen-bond acceptors (Lipinski definition) is 0. The van der Waals surface area contributed by atoms with Crippen LogP contribution in [0, 0.1) is 55.4 Å². The Morgan fingerprint density at radius 3 is 0.648 bits per heavy atom. The van der Waals surface area contributed by atoms with E-state index in [2.05, 4.69) is 244 Å². The summed E-state index contributed by atoms with van der Waals surface area (Å²) >= 11 is 4.17. The van der Waals surface area contributed by atoms with Gasteiger partial charge in [-0.15, -0.1) is 116 Å². The van der Waals surface area contributed by atoms with Gasteiger partial charge in [0.2, 0.25) is 0 Å². The van der Waals surface area contributed by atoms with Gasteiger partial charge in [0.15, 0.2) is 0 Å². The Labute approximate surface area is 361 Å². The Hall–Kier alpha value is -2.93. The zero-order valence-corrected chi connectivity index (χ0v) is 38.9. The Bertz CT molecular complexity index is 2040. The van der Waals surface area contributed by atoms with Gasteiger partial charge in [0, 0.05) is 0 Å². The molecule has 0 unspecified atom stereocenters. The van der Waals surface area contributed by atoms with Gasteiger partial charge in [0.05, 0.1) is 0 Å². The fourth-order valence-electron chi connectivity index (χ4n) is 6.66. The quantitative estimate of drug-likeness (QED) is 0.107. The molecule has 8 aromatic carbocycles. The molecule has 0 fully saturated rings. The van der Waals surface area contributed by atoms with E-state index in [1.807, 2.05) is 0 Å². The molecule has 0 spiro atoms. The van der Waals surface area contributed by atoms with Gasteiger partial charge in [-0.05, 0) is 27.7 Å². The standard InChI is InChI=1S/4C11H11.2C3H6.2ClH.2Ti/c4*1-8-4-3-5-10-7-6-9(2)11(8)10;2*1-3-2;;;;/h4*3-7H,1-2H3;2*1-2H3;2*1H;;/q4*-1;;;;;2*+2/p-2. The smallest absolute Gasteiger partial charge is 0.0488 e. The average Bonchev–Trinajstić information content (AvgIpc) is 3.86. The summed E-state index contributed by atoms with van der Waals surface area (Å²) in [5, 5.41) is 11.1. The average molecular weight is 824 g/mol. The molecule has 8 aromatic rings. The van der Waals surface area contributed by atoms with E-state index >= 15 is 0 Å². The van der Waals surface area contributed by atoms with Gasteiger partial charge in [-0.1, -0.05) is 74.2 Å². The molecule has 280 valence electrons. The fraction of sp³-hybridized carbons (Fsp3) is 0.240. The van der Waals surface area contributed by atoms with Crippen LogP contribution in [0.25, 0.3) is 43.1 Å². The van der Waals surface area contributed by atoms with Gasteiger partial charge in [-0.3, -0.25) is 0 Å². The van der Waals surface area contributed by atoms with Crippen molar-refractivity contribution in [2.75, 3.05) is 0 Å². The number of rotatable bonds is 0. The molecule has 0 aliphatic rings. The SMILES string of the molecule is C[C](C)=[Ti+2].C[C](C)=[Ti+2].Cc1cccc2[cH-]cc(C)c12.Cc1cccc2[cH-]cc(C)c12.Cc1cccc2[cH-]cc(C)c12.Cc1cccc2[cH-]cc(C)c12.[Cl-].[Cl-]. The molecule has 0 aliphatic carbocycles. The molecule has 0 N–H and O–H groups in total. The second kappa shape index (κ2) is 23.9. The van der Waals surface area contributed by atoms with Crippen LogP contribution in [0.15, 0.2) is 121 Å². The van der Waals surface area contributed by atoms with Crippen LogP contribution in [0.2, 0.25) is 0 Å². The van der Waals surface area contributed by atoms with Crippen LogP contribution in [0.5, 0.6) is 0 Å². The second-order valence-electron chi connectivity index (χ2n) is 14.2. The first-order chi connectivity index (χ1) is 24.6. The Morgan fingerprint density at radius 1 is 0.333 bits per heavy atom. The minimum atomic E-state index is 0. The van der Waals surface area contributed by atoms with E-state index in [-0.39, 0.29) is 24.8 Å². The third kappa shape index (κ3) is 14.3. The Balaban J connectivity index is 0.000000334. The van der Waals surface area contributed by atoms with Gasteiger partial charge in [-0.25, -0.2) is 0 Å². The maximum absolute atomic E-state index is 2.18. The van der Waals surface area contributed by atoms with E-state index in [9.17, 15) is 0 Å². The summed E-state index contributed by atoms with van der Waals surface area (Å²) in [5.74, 6) is 0. The molecule has 0 atom stereocenters. The van der Waals surface area contributed by atoms with E-state index in [0.29, 0.717) is 0 Å². The second-order valence-corrected chi connectivity index (χ2v) is 17.3. The van der Waals surface area contributed by atoms with Crippen molar-refractivity contribution >= 4 is 50.7 Å². The van der Waals surface area contributed by atoms with Gasteiger partial charge < -0.3 is 24.8 Å². The van der Waals surface area contributed by atoms with Crippen molar-refractivity contribution in [2.24, 2.45) is 0 Å². The van der Waals surface area contributed by atoms with E-state index < -0.39 is 0 Å². The molecule has 0 heterocycles. The first-order valence-electron chi connectivity index (χ1n) is 18.1. The number of benzene rings is 4. The van der Waals surface area contributed by atoms with Crippen molar-refractivity contribution in [3.63, 3.8) is 0 Å². The molecule has 0 saturated heterocycles. The molecule has 0 nitrogen and oxygen atoms in total. The number of fused-ring (bicyclic) bond motifs is 4. The van der Waals surface area contributed by atoms with Crippen LogP contribution in [0.1, 0.15) is 72.2 Å². The van der Waals surface area contributed by atoms with Gasteiger partial charge in [0.25, 0.3) is 0 Å². The molecule has 0 bridgehead atoms. The van der Waals surface area contributed by atoms with Crippen LogP contribution in [-0.2, 0) is 39.9 Å². The fourth-order valence-corrected chi connectivity index (χ4v) is 6.66. The molecular formula is C50H56Cl2Ti2-2. The van der Waals surface area contributed by atoms with Crippen LogP contribution in [0.3, 0.4) is 0 Å². The van der Waals surface area contributed by atoms with Crippen molar-refractivity contribution < 1.29 is 64.8 Å². The molecule has 0 amide bonds. The van der Waals surface area contributed by atoms with Gasteiger partial charge >= 0.3 is 75.3 Å². The predicted molar refractivity (Wildman–Crippen MR) is 229 cm³/mol. The summed E-state index contributed by atoms with van der Waals surface area (Å²) in [4.78, 5) is 0. The normalized spacial score (nSPS) is 9.78. The summed E-state index contributed by atoms with van der Waals surface area (Å²) in [6.07, 6.45) is 0. The first-order valence-corrected chi connectivity index (χ1v) is 19.7. The van der Waals surface area contributed by atoms with E-state index in [1.165, 1.54) is 95.2 Å². The van der Waals surface area contributed by atoms with Crippen molar-refractivity contribution in [3.05, 3.63) is 166 Å². The van der Waals surface area contributed by atoms with Gasteiger partial charge in [0.1, 0.15) is 0 Å². The maximum Gasteiger partial charge on any atom is -0.0488 e. The van der Waals surface area contributed by atoms with E-state index in [1.54, 1.807) is 0 Å². The minimum Gasteiger partial charge on any atom is -1.00 e. The molecule has 8 rings (SSSR count). The van der Waals surface area contributed by atoms with Crippen molar-refractivity contribution in [1.82, 2.24) is 0 Å². The zero-order valence-electron chi connectivity index (χ0n) is 34.3. The van der Waals surface area contributed by atoms with E-state index in [4.69, 9.17) is 0 Å². The van der Waals surface area contributed by atoms with Crippen molar-refractivity contribution in [1.29, 1.82) is 0 Å². The third-order valence-corrected chi connectivity index (χ3v) is 8.85. The molecule has 0 aromatic heterocycles. The topological polar surface area (TPSA) is 0 Å². The Kier molecular flexibility index (Phi) is 21.7. The molecule has 54 heavy (non-hydrogen) atoms. The Morgan fingerprint density at radius 2 is 0.500 bits per heavy atom. The summed E-state index contributed by atoms with van der Waals surface area (Å²) in [7, 11) is 0. The van der Waals surface area contributed by atoms with Crippen LogP contribution >= 0.6 is 0 Å². The molecular weight excluding hydrogens is 767 g/mol. The van der Waals surface area contributed by atoms with Crippen molar-refractivity contribution in [2.45, 2.75) is 83.1 Å². The first kappa shape index (κ1) is 49.1. The monoisotopic (exact) mass is 822 g/mol. The predicted octanol–water partition coefficient (Wildman–Crippen LogP) is 8.20. The molecule has 0 saturated carbocycles. The van der Waals surface area contributed by atoms with Crippen molar-refractivity contribution in [3.8, 4) is 0 Å². The third-order valence-electron chi connectivity index (χ3n) is 8.85. The number of hydrogen-bond donors (Lipinski definition) is 0. The zero-order chi connectivity index (χ0) is 38.5. The summed E-state index contributed by atoms with van der Waals surface area (Å²) in [6, 6.07) is 43.2. The molecule has 4 heteroatoms. The summed E-state index contributed by atoms with van der Waals surface area (Å²) in [5.41, 5.74) is 11.1. The summed E-state index contributed by atoms with van der Waals surface area (Å²) in [6.45, 7) is 25.6. The maximum atomic E-state index is 2.18. The van der Waals surface area contributed by atoms with Crippen LogP contribution in [0.4, 0.5) is 0 Å².